The number of nitrogens with zero attached hydrogens (tertiary/aromatic N) is 1. The van der Waals surface area contributed by atoms with Gasteiger partial charge in [-0.1, -0.05) is 31.2 Å². The number of benzene rings is 2. The van der Waals surface area contributed by atoms with Gasteiger partial charge in [0.05, 0.1) is 23.4 Å². The van der Waals surface area contributed by atoms with Crippen molar-refractivity contribution in [2.45, 2.75) is 13.3 Å². The molecule has 2 N–H and O–H groups in total. The number of ether oxygens (including phenoxy) is 1. The van der Waals surface area contributed by atoms with Gasteiger partial charge in [-0.15, -0.1) is 0 Å². The van der Waals surface area contributed by atoms with Gasteiger partial charge in [-0.3, -0.25) is 0 Å². The molecule has 0 aliphatic rings. The molecular weight excluding hydrogens is 302 g/mol. The molecule has 0 spiro atoms. The molecule has 0 saturated heterocycles. The summed E-state index contributed by atoms with van der Waals surface area (Å²) < 4.78 is 5.46. The third kappa shape index (κ3) is 3.49. The third-order valence-electron chi connectivity index (χ3n) is 3.62. The van der Waals surface area contributed by atoms with Gasteiger partial charge in [0.1, 0.15) is 17.3 Å². The van der Waals surface area contributed by atoms with Crippen LogP contribution in [0.4, 0.5) is 0 Å². The van der Waals surface area contributed by atoms with Crippen LogP contribution < -0.4 is 4.74 Å². The van der Waals surface area contributed by atoms with Crippen LogP contribution in [0.1, 0.15) is 24.6 Å². The molecule has 4 nitrogen and oxygen atoms in total. The van der Waals surface area contributed by atoms with Crippen LogP contribution in [0.15, 0.2) is 54.6 Å². The van der Waals surface area contributed by atoms with Crippen molar-refractivity contribution in [3.8, 4) is 11.5 Å². The molecule has 0 unspecified atom stereocenters. The Morgan fingerprint density at radius 1 is 1.12 bits per heavy atom. The number of para-hydroxylation sites is 1. The molecule has 3 aromatic rings. The lowest BCUT2D eigenvalue weighted by Gasteiger charge is -2.08. The van der Waals surface area contributed by atoms with Crippen molar-refractivity contribution >= 4 is 22.7 Å². The fourth-order valence-corrected chi connectivity index (χ4v) is 2.42. The summed E-state index contributed by atoms with van der Waals surface area (Å²) in [6.07, 6.45) is 2.43. The molecule has 3 rings (SSSR count). The van der Waals surface area contributed by atoms with Crippen LogP contribution in [0.25, 0.3) is 22.7 Å². The average Bonchev–Trinajstić information content (AvgIpc) is 2.59. The number of rotatable bonds is 5. The Bertz CT molecular complexity index is 887. The maximum atomic E-state index is 10.3. The van der Waals surface area contributed by atoms with Gasteiger partial charge in [0.25, 0.3) is 0 Å². The lowest BCUT2D eigenvalue weighted by molar-refractivity contribution is 0.315. The van der Waals surface area contributed by atoms with Crippen LogP contribution >= 0.6 is 0 Å². The van der Waals surface area contributed by atoms with E-state index in [1.165, 1.54) is 12.1 Å². The minimum atomic E-state index is -0.0441. The number of aliphatic hydroxyl groups is 1. The Kier molecular flexibility index (Phi) is 4.66. The number of phenolic OH excluding ortho intramolecular Hbond substituents is 1. The number of hydrogen-bond acceptors (Lipinski definition) is 4. The molecule has 1 aromatic heterocycles. The fourth-order valence-electron chi connectivity index (χ4n) is 2.42. The van der Waals surface area contributed by atoms with E-state index in [-0.39, 0.29) is 11.5 Å². The van der Waals surface area contributed by atoms with Crippen molar-refractivity contribution in [3.63, 3.8) is 0 Å². The van der Waals surface area contributed by atoms with Crippen LogP contribution in [0, 0.1) is 0 Å². The van der Waals surface area contributed by atoms with Gasteiger partial charge in [-0.05, 0) is 30.7 Å². The zero-order valence-electron chi connectivity index (χ0n) is 13.4. The van der Waals surface area contributed by atoms with E-state index in [0.29, 0.717) is 23.6 Å². The molecule has 0 aliphatic heterocycles. The van der Waals surface area contributed by atoms with E-state index in [1.807, 2.05) is 43.3 Å². The highest BCUT2D eigenvalue weighted by Crippen LogP contribution is 2.29. The highest BCUT2D eigenvalue weighted by molar-refractivity contribution is 5.83. The Morgan fingerprint density at radius 2 is 1.96 bits per heavy atom. The van der Waals surface area contributed by atoms with Crippen molar-refractivity contribution in [3.05, 3.63) is 65.9 Å². The highest BCUT2D eigenvalue weighted by atomic mass is 16.5. The molecule has 0 radical (unpaired) electrons. The summed E-state index contributed by atoms with van der Waals surface area (Å²) in [6, 6.07) is 16.4. The van der Waals surface area contributed by atoms with Gasteiger partial charge in [-0.2, -0.15) is 0 Å². The number of aromatic hydroxyl groups is 1. The number of pyridine rings is 1. The first-order chi connectivity index (χ1) is 11.7. The smallest absolute Gasteiger partial charge is 0.130 e. The number of phenols is 1. The Labute approximate surface area is 140 Å². The van der Waals surface area contributed by atoms with Crippen molar-refractivity contribution in [2.75, 3.05) is 6.61 Å². The van der Waals surface area contributed by atoms with Gasteiger partial charge in [0, 0.05) is 17.5 Å². The number of aromatic nitrogens is 1. The molecule has 2 aromatic carbocycles. The number of fused-ring (bicyclic) bond motifs is 1. The summed E-state index contributed by atoms with van der Waals surface area (Å²) in [5.41, 5.74) is 1.82. The average molecular weight is 321 g/mol. The second-order valence-corrected chi connectivity index (χ2v) is 5.49. The molecular formula is C20H19NO3. The lowest BCUT2D eigenvalue weighted by Crippen LogP contribution is -1.95. The van der Waals surface area contributed by atoms with Crippen molar-refractivity contribution in [1.82, 2.24) is 4.98 Å². The van der Waals surface area contributed by atoms with Crippen LogP contribution in [-0.2, 0) is 0 Å². The van der Waals surface area contributed by atoms with E-state index >= 15 is 0 Å². The van der Waals surface area contributed by atoms with Crippen molar-refractivity contribution < 1.29 is 14.9 Å². The van der Waals surface area contributed by atoms with Crippen LogP contribution in [0.5, 0.6) is 11.5 Å². The van der Waals surface area contributed by atoms with E-state index in [2.05, 4.69) is 4.98 Å². The molecule has 4 heteroatoms. The molecule has 0 atom stereocenters. The second kappa shape index (κ2) is 7.04. The minimum Gasteiger partial charge on any atom is -0.507 e. The van der Waals surface area contributed by atoms with Gasteiger partial charge >= 0.3 is 0 Å². The predicted octanol–water partition coefficient (Wildman–Crippen LogP) is 4.79. The van der Waals surface area contributed by atoms with Crippen molar-refractivity contribution in [1.29, 1.82) is 0 Å². The summed E-state index contributed by atoms with van der Waals surface area (Å²) in [7, 11) is 0. The van der Waals surface area contributed by atoms with Crippen LogP contribution in [0.3, 0.4) is 0 Å². The summed E-state index contributed by atoms with van der Waals surface area (Å²) >= 11 is 0. The predicted molar refractivity (Wildman–Crippen MR) is 96.1 cm³/mol. The Morgan fingerprint density at radius 3 is 2.75 bits per heavy atom. The van der Waals surface area contributed by atoms with Gasteiger partial charge in [-0.25, -0.2) is 4.98 Å². The largest absolute Gasteiger partial charge is 0.507 e. The zero-order valence-corrected chi connectivity index (χ0v) is 13.4. The van der Waals surface area contributed by atoms with E-state index in [1.54, 1.807) is 12.1 Å². The van der Waals surface area contributed by atoms with Crippen LogP contribution in [0.2, 0.25) is 0 Å². The molecule has 0 aliphatic carbocycles. The van der Waals surface area contributed by atoms with E-state index < -0.39 is 0 Å². The van der Waals surface area contributed by atoms with Crippen LogP contribution in [-0.4, -0.2) is 21.8 Å². The van der Waals surface area contributed by atoms with Gasteiger partial charge < -0.3 is 14.9 Å². The standard InChI is InChI=1S/C20H19NO3/c1-2-11-24-16-9-10-17(20(23)13-16)19(22)12-15-8-7-14-5-3-4-6-18(14)21-15/h3-10,12-13,22-23H,2,11H2,1H3/b19-12-. The zero-order chi connectivity index (χ0) is 16.9. The summed E-state index contributed by atoms with van der Waals surface area (Å²) in [6.45, 7) is 2.60. The first-order valence-electron chi connectivity index (χ1n) is 7.90. The maximum Gasteiger partial charge on any atom is 0.130 e. The highest BCUT2D eigenvalue weighted by Gasteiger charge is 2.08. The Balaban J connectivity index is 1.89. The fraction of sp³-hybridized carbons (Fsp3) is 0.150. The normalized spacial score (nSPS) is 11.6. The second-order valence-electron chi connectivity index (χ2n) is 5.49. The number of hydrogen-bond donors (Lipinski definition) is 2. The first kappa shape index (κ1) is 15.9. The van der Waals surface area contributed by atoms with E-state index in [0.717, 1.165) is 17.3 Å². The summed E-state index contributed by atoms with van der Waals surface area (Å²) in [5, 5.41) is 21.5. The molecule has 0 saturated carbocycles. The molecule has 0 amide bonds. The number of aliphatic hydroxyl groups excluding tert-OH is 1. The molecule has 24 heavy (non-hydrogen) atoms. The van der Waals surface area contributed by atoms with Gasteiger partial charge in [0.15, 0.2) is 0 Å². The third-order valence-corrected chi connectivity index (χ3v) is 3.62. The Hall–Kier alpha value is -3.01. The first-order valence-corrected chi connectivity index (χ1v) is 7.90. The van der Waals surface area contributed by atoms with E-state index in [4.69, 9.17) is 4.74 Å². The quantitative estimate of drug-likeness (QED) is 0.664. The lowest BCUT2D eigenvalue weighted by atomic mass is 10.1. The SMILES string of the molecule is CCCOc1ccc(/C(O)=C/c2ccc3ccccc3n2)c(O)c1. The van der Waals surface area contributed by atoms with Crippen molar-refractivity contribution in [2.24, 2.45) is 0 Å². The minimum absolute atomic E-state index is 0.0295. The topological polar surface area (TPSA) is 62.6 Å². The molecule has 1 heterocycles. The maximum absolute atomic E-state index is 10.3. The monoisotopic (exact) mass is 321 g/mol. The summed E-state index contributed by atoms with van der Waals surface area (Å²) in [5.74, 6) is 0.505. The molecule has 122 valence electrons. The van der Waals surface area contributed by atoms with E-state index in [9.17, 15) is 10.2 Å². The molecule has 0 fully saturated rings. The summed E-state index contributed by atoms with van der Waals surface area (Å²) in [4.78, 5) is 4.49. The molecule has 0 bridgehead atoms. The van der Waals surface area contributed by atoms with Gasteiger partial charge in [0.2, 0.25) is 0 Å².